The largest absolute Gasteiger partial charge is 0.473 e. The van der Waals surface area contributed by atoms with E-state index in [0.29, 0.717) is 12.0 Å². The Kier molecular flexibility index (Phi) is 7.46. The fourth-order valence-electron chi connectivity index (χ4n) is 2.23. The van der Waals surface area contributed by atoms with Crippen LogP contribution >= 0.6 is 0 Å². The molecule has 0 aliphatic carbocycles. The summed E-state index contributed by atoms with van der Waals surface area (Å²) in [7, 11) is 0. The molecule has 0 radical (unpaired) electrons. The Bertz CT molecular complexity index is 907. The smallest absolute Gasteiger partial charge is 0.433 e. The molecule has 5 nitrogen and oxygen atoms in total. The minimum absolute atomic E-state index is 0.0475. The van der Waals surface area contributed by atoms with Gasteiger partial charge in [0.05, 0.1) is 11.3 Å². The monoisotopic (exact) mass is 409 g/mol. The van der Waals surface area contributed by atoms with Crippen molar-refractivity contribution < 1.29 is 27.1 Å². The molecule has 1 aromatic carbocycles. The molecule has 0 saturated heterocycles. The van der Waals surface area contributed by atoms with Crippen LogP contribution in [0, 0.1) is 5.82 Å². The van der Waals surface area contributed by atoms with Crippen molar-refractivity contribution in [3.63, 3.8) is 0 Å². The normalized spacial score (nSPS) is 12.6. The standard InChI is InChI=1S/C20H19F4N3O2/c1-3-9-25-13(2)18(20(22,23)24)27-19(28)15-7-8-17(26-11-15)29-12-14-5-4-6-16(21)10-14/h4-11H,3,12H2,1-2H3,(H,27,28)/b18-13-,25-9?. The highest BCUT2D eigenvalue weighted by atomic mass is 19.4. The molecule has 1 heterocycles. The van der Waals surface area contributed by atoms with E-state index in [0.717, 1.165) is 13.1 Å². The number of carbonyl (C=O) groups is 1. The summed E-state index contributed by atoms with van der Waals surface area (Å²) >= 11 is 0. The van der Waals surface area contributed by atoms with Crippen LogP contribution in [0.25, 0.3) is 0 Å². The number of halogens is 4. The number of hydrogen-bond donors (Lipinski definition) is 1. The number of nitrogens with one attached hydrogen (secondary N) is 1. The Morgan fingerprint density at radius 3 is 2.62 bits per heavy atom. The minimum atomic E-state index is -4.77. The van der Waals surface area contributed by atoms with Gasteiger partial charge in [-0.3, -0.25) is 9.79 Å². The van der Waals surface area contributed by atoms with Gasteiger partial charge in [-0.15, -0.1) is 0 Å². The number of nitrogens with zero attached hydrogens (tertiary/aromatic N) is 2. The number of hydrogen-bond acceptors (Lipinski definition) is 4. The number of benzene rings is 1. The third kappa shape index (κ3) is 6.70. The van der Waals surface area contributed by atoms with Crippen molar-refractivity contribution in [3.8, 4) is 5.88 Å². The van der Waals surface area contributed by atoms with E-state index in [1.807, 2.05) is 5.32 Å². The average Bonchev–Trinajstić information content (AvgIpc) is 2.68. The van der Waals surface area contributed by atoms with E-state index >= 15 is 0 Å². The first-order valence-corrected chi connectivity index (χ1v) is 8.66. The third-order valence-corrected chi connectivity index (χ3v) is 3.63. The van der Waals surface area contributed by atoms with Gasteiger partial charge in [0.2, 0.25) is 5.88 Å². The number of amides is 1. The second-order valence-electron chi connectivity index (χ2n) is 5.94. The van der Waals surface area contributed by atoms with Crippen LogP contribution in [-0.4, -0.2) is 23.3 Å². The van der Waals surface area contributed by atoms with E-state index in [1.54, 1.807) is 13.0 Å². The lowest BCUT2D eigenvalue weighted by Crippen LogP contribution is -2.32. The molecule has 1 amide bonds. The van der Waals surface area contributed by atoms with Gasteiger partial charge in [-0.05, 0) is 37.1 Å². The molecular formula is C20H19F4N3O2. The molecule has 1 N–H and O–H groups in total. The quantitative estimate of drug-likeness (QED) is 0.528. The molecule has 0 bridgehead atoms. The highest BCUT2D eigenvalue weighted by Crippen LogP contribution is 2.27. The van der Waals surface area contributed by atoms with E-state index in [1.165, 1.54) is 36.5 Å². The number of ether oxygens (including phenoxy) is 1. The molecule has 154 valence electrons. The van der Waals surface area contributed by atoms with Crippen LogP contribution in [-0.2, 0) is 6.61 Å². The van der Waals surface area contributed by atoms with Gasteiger partial charge in [-0.1, -0.05) is 19.1 Å². The van der Waals surface area contributed by atoms with Crippen molar-refractivity contribution >= 4 is 12.1 Å². The van der Waals surface area contributed by atoms with Crippen molar-refractivity contribution in [3.05, 3.63) is 70.9 Å². The summed E-state index contributed by atoms with van der Waals surface area (Å²) in [5.41, 5.74) is -1.09. The number of alkyl halides is 3. The molecular weight excluding hydrogens is 390 g/mol. The van der Waals surface area contributed by atoms with Gasteiger partial charge in [0.1, 0.15) is 18.1 Å². The van der Waals surface area contributed by atoms with E-state index < -0.39 is 23.6 Å². The minimum Gasteiger partial charge on any atom is -0.473 e. The Balaban J connectivity index is 2.08. The lowest BCUT2D eigenvalue weighted by Gasteiger charge is -2.15. The number of rotatable bonds is 7. The third-order valence-electron chi connectivity index (χ3n) is 3.63. The molecule has 1 aromatic heterocycles. The van der Waals surface area contributed by atoms with Crippen LogP contribution in [0.1, 0.15) is 36.2 Å². The van der Waals surface area contributed by atoms with Crippen molar-refractivity contribution in [2.45, 2.75) is 33.1 Å². The molecule has 2 aromatic rings. The van der Waals surface area contributed by atoms with Gasteiger partial charge in [-0.2, -0.15) is 13.2 Å². The van der Waals surface area contributed by atoms with Crippen LogP contribution < -0.4 is 10.1 Å². The summed E-state index contributed by atoms with van der Waals surface area (Å²) in [6, 6.07) is 8.42. The van der Waals surface area contributed by atoms with Gasteiger partial charge >= 0.3 is 6.18 Å². The first kappa shape index (κ1) is 22.1. The highest BCUT2D eigenvalue weighted by Gasteiger charge is 2.37. The first-order chi connectivity index (χ1) is 13.7. The molecule has 0 aliphatic rings. The topological polar surface area (TPSA) is 63.6 Å². The zero-order valence-corrected chi connectivity index (χ0v) is 15.8. The maximum atomic E-state index is 13.2. The Hall–Kier alpha value is -3.23. The van der Waals surface area contributed by atoms with Crippen LogP contribution in [0.5, 0.6) is 5.88 Å². The van der Waals surface area contributed by atoms with Gasteiger partial charge in [0, 0.05) is 18.5 Å². The molecule has 0 fully saturated rings. The molecule has 0 atom stereocenters. The van der Waals surface area contributed by atoms with Crippen molar-refractivity contribution in [2.75, 3.05) is 0 Å². The fourth-order valence-corrected chi connectivity index (χ4v) is 2.23. The SMILES string of the molecule is CCC=N/C(C)=C(\NC(=O)c1ccc(OCc2cccc(F)c2)nc1)C(F)(F)F. The molecule has 0 unspecified atom stereocenters. The van der Waals surface area contributed by atoms with Crippen molar-refractivity contribution in [2.24, 2.45) is 4.99 Å². The van der Waals surface area contributed by atoms with E-state index in [9.17, 15) is 22.4 Å². The first-order valence-electron chi connectivity index (χ1n) is 8.66. The van der Waals surface area contributed by atoms with E-state index in [2.05, 4.69) is 9.98 Å². The fraction of sp³-hybridized carbons (Fsp3) is 0.250. The van der Waals surface area contributed by atoms with Gasteiger partial charge < -0.3 is 10.1 Å². The number of aliphatic imine (C=N–C) groups is 1. The van der Waals surface area contributed by atoms with Crippen LogP contribution in [0.3, 0.4) is 0 Å². The predicted octanol–water partition coefficient (Wildman–Crippen LogP) is 4.80. The zero-order chi connectivity index (χ0) is 21.4. The Morgan fingerprint density at radius 1 is 1.28 bits per heavy atom. The highest BCUT2D eigenvalue weighted by molar-refractivity contribution is 5.95. The summed E-state index contributed by atoms with van der Waals surface area (Å²) in [4.78, 5) is 19.8. The van der Waals surface area contributed by atoms with E-state index in [-0.39, 0.29) is 23.7 Å². The predicted molar refractivity (Wildman–Crippen MR) is 100.0 cm³/mol. The van der Waals surface area contributed by atoms with Crippen LogP contribution in [0.2, 0.25) is 0 Å². The molecule has 2 rings (SSSR count). The Labute approximate surface area is 165 Å². The number of pyridine rings is 1. The number of allylic oxidation sites excluding steroid dienone is 2. The lowest BCUT2D eigenvalue weighted by atomic mass is 10.2. The number of carbonyl (C=O) groups excluding carboxylic acids is 1. The van der Waals surface area contributed by atoms with E-state index in [4.69, 9.17) is 4.74 Å². The molecule has 0 aliphatic heterocycles. The van der Waals surface area contributed by atoms with Gasteiger partial charge in [0.15, 0.2) is 0 Å². The summed E-state index contributed by atoms with van der Waals surface area (Å²) in [5.74, 6) is -1.24. The molecule has 0 spiro atoms. The molecule has 9 heteroatoms. The summed E-state index contributed by atoms with van der Waals surface area (Å²) in [6.07, 6.45) is -1.90. The second-order valence-corrected chi connectivity index (χ2v) is 5.94. The maximum absolute atomic E-state index is 13.2. The van der Waals surface area contributed by atoms with Crippen LogP contribution in [0.15, 0.2) is 59.0 Å². The summed E-state index contributed by atoms with van der Waals surface area (Å²) in [5, 5.41) is 1.84. The Morgan fingerprint density at radius 2 is 2.03 bits per heavy atom. The lowest BCUT2D eigenvalue weighted by molar-refractivity contribution is -0.0966. The van der Waals surface area contributed by atoms with Crippen LogP contribution in [0.4, 0.5) is 17.6 Å². The summed E-state index contributed by atoms with van der Waals surface area (Å²) < 4.78 is 58.2. The van der Waals surface area contributed by atoms with Crippen molar-refractivity contribution in [1.29, 1.82) is 0 Å². The van der Waals surface area contributed by atoms with Gasteiger partial charge in [0.25, 0.3) is 5.91 Å². The van der Waals surface area contributed by atoms with Crippen molar-refractivity contribution in [1.82, 2.24) is 10.3 Å². The summed E-state index contributed by atoms with van der Waals surface area (Å²) in [6.45, 7) is 2.94. The molecule has 0 saturated carbocycles. The average molecular weight is 409 g/mol. The number of aromatic nitrogens is 1. The second kappa shape index (κ2) is 9.81. The van der Waals surface area contributed by atoms with Gasteiger partial charge in [-0.25, -0.2) is 9.37 Å². The maximum Gasteiger partial charge on any atom is 0.433 e. The molecule has 29 heavy (non-hydrogen) atoms. The zero-order valence-electron chi connectivity index (χ0n) is 15.8.